The van der Waals surface area contributed by atoms with Gasteiger partial charge in [0.15, 0.2) is 0 Å². The van der Waals surface area contributed by atoms with E-state index in [1.807, 2.05) is 0 Å². The average molecular weight is 260 g/mol. The van der Waals surface area contributed by atoms with Gasteiger partial charge in [-0.1, -0.05) is 25.7 Å². The van der Waals surface area contributed by atoms with E-state index >= 15 is 0 Å². The van der Waals surface area contributed by atoms with Gasteiger partial charge >= 0.3 is 0 Å². The van der Waals surface area contributed by atoms with Gasteiger partial charge in [0.2, 0.25) is 10.0 Å². The van der Waals surface area contributed by atoms with E-state index < -0.39 is 10.0 Å². The van der Waals surface area contributed by atoms with Crippen LogP contribution in [0.1, 0.15) is 44.9 Å². The third-order valence-corrected chi connectivity index (χ3v) is 5.85. The first-order valence-corrected chi connectivity index (χ1v) is 8.51. The van der Waals surface area contributed by atoms with Gasteiger partial charge in [-0.15, -0.1) is 0 Å². The molecule has 4 nitrogen and oxygen atoms in total. The van der Waals surface area contributed by atoms with Crippen molar-refractivity contribution in [2.24, 2.45) is 0 Å². The SMILES string of the molecule is O=S1(=O)CCCNCCN1C1CCCCCC1. The molecule has 0 aromatic rings. The minimum absolute atomic E-state index is 0.266. The Morgan fingerprint density at radius 2 is 1.65 bits per heavy atom. The Balaban J connectivity index is 2.07. The zero-order valence-electron chi connectivity index (χ0n) is 10.5. The molecule has 100 valence electrons. The summed E-state index contributed by atoms with van der Waals surface area (Å²) >= 11 is 0. The molecule has 0 spiro atoms. The lowest BCUT2D eigenvalue weighted by Gasteiger charge is -2.31. The molecule has 0 aromatic heterocycles. The van der Waals surface area contributed by atoms with Crippen molar-refractivity contribution < 1.29 is 8.42 Å². The van der Waals surface area contributed by atoms with Crippen LogP contribution in [0, 0.1) is 0 Å². The van der Waals surface area contributed by atoms with Crippen LogP contribution in [0.25, 0.3) is 0 Å². The Bertz CT molecular complexity index is 321. The van der Waals surface area contributed by atoms with Crippen LogP contribution in [0.2, 0.25) is 0 Å². The highest BCUT2D eigenvalue weighted by Gasteiger charge is 2.30. The monoisotopic (exact) mass is 260 g/mol. The minimum atomic E-state index is -3.01. The molecule has 1 N–H and O–H groups in total. The number of sulfonamides is 1. The van der Waals surface area contributed by atoms with Gasteiger partial charge < -0.3 is 5.32 Å². The molecule has 0 bridgehead atoms. The van der Waals surface area contributed by atoms with Gasteiger partial charge in [0.05, 0.1) is 5.75 Å². The first-order chi connectivity index (χ1) is 8.20. The zero-order chi connectivity index (χ0) is 12.1. The minimum Gasteiger partial charge on any atom is -0.315 e. The van der Waals surface area contributed by atoms with Crippen molar-refractivity contribution in [2.75, 3.05) is 25.4 Å². The maximum atomic E-state index is 12.3. The van der Waals surface area contributed by atoms with E-state index in [0.717, 1.165) is 32.4 Å². The molecule has 1 aliphatic heterocycles. The van der Waals surface area contributed by atoms with E-state index in [1.165, 1.54) is 25.7 Å². The van der Waals surface area contributed by atoms with Gasteiger partial charge in [-0.25, -0.2) is 8.42 Å². The number of nitrogens with zero attached hydrogens (tertiary/aromatic N) is 1. The van der Waals surface area contributed by atoms with Crippen LogP contribution in [0.5, 0.6) is 0 Å². The quantitative estimate of drug-likeness (QED) is 0.724. The van der Waals surface area contributed by atoms with Crippen molar-refractivity contribution in [3.8, 4) is 0 Å². The number of hydrogen-bond donors (Lipinski definition) is 1. The number of nitrogens with one attached hydrogen (secondary N) is 1. The van der Waals surface area contributed by atoms with Crippen molar-refractivity contribution in [3.63, 3.8) is 0 Å². The molecule has 17 heavy (non-hydrogen) atoms. The van der Waals surface area contributed by atoms with E-state index in [4.69, 9.17) is 0 Å². The lowest BCUT2D eigenvalue weighted by molar-refractivity contribution is 0.287. The maximum Gasteiger partial charge on any atom is 0.214 e. The Kier molecular flexibility index (Phi) is 4.82. The second-order valence-corrected chi connectivity index (χ2v) is 7.22. The van der Waals surface area contributed by atoms with Gasteiger partial charge in [0.1, 0.15) is 0 Å². The molecule has 2 rings (SSSR count). The number of rotatable bonds is 1. The highest BCUT2D eigenvalue weighted by Crippen LogP contribution is 2.24. The molecular weight excluding hydrogens is 236 g/mol. The summed E-state index contributed by atoms with van der Waals surface area (Å²) in [7, 11) is -3.01. The Morgan fingerprint density at radius 1 is 0.941 bits per heavy atom. The van der Waals surface area contributed by atoms with Gasteiger partial charge in [-0.2, -0.15) is 4.31 Å². The first kappa shape index (κ1) is 13.3. The lowest BCUT2D eigenvalue weighted by atomic mass is 10.1. The van der Waals surface area contributed by atoms with Crippen LogP contribution >= 0.6 is 0 Å². The van der Waals surface area contributed by atoms with Crippen LogP contribution < -0.4 is 5.32 Å². The molecule has 1 saturated heterocycles. The van der Waals surface area contributed by atoms with E-state index in [2.05, 4.69) is 5.32 Å². The predicted octanol–water partition coefficient (Wildman–Crippen LogP) is 1.33. The van der Waals surface area contributed by atoms with E-state index in [0.29, 0.717) is 12.3 Å². The van der Waals surface area contributed by atoms with Crippen molar-refractivity contribution in [3.05, 3.63) is 0 Å². The summed E-state index contributed by atoms with van der Waals surface area (Å²) in [6.45, 7) is 2.29. The standard InChI is InChI=1S/C12H24N2O2S/c15-17(16)11-5-8-13-9-10-14(17)12-6-3-1-2-4-7-12/h12-13H,1-11H2. The molecule has 0 atom stereocenters. The summed E-state index contributed by atoms with van der Waals surface area (Å²) in [5, 5.41) is 3.30. The predicted molar refractivity (Wildman–Crippen MR) is 69.5 cm³/mol. The van der Waals surface area contributed by atoms with Crippen LogP contribution in [0.3, 0.4) is 0 Å². The molecule has 0 radical (unpaired) electrons. The zero-order valence-corrected chi connectivity index (χ0v) is 11.3. The van der Waals surface area contributed by atoms with Gasteiger partial charge in [-0.05, 0) is 25.8 Å². The summed E-state index contributed by atoms with van der Waals surface area (Å²) in [5.74, 6) is 0.316. The second kappa shape index (κ2) is 6.16. The van der Waals surface area contributed by atoms with Gasteiger partial charge in [0.25, 0.3) is 0 Å². The summed E-state index contributed by atoms with van der Waals surface area (Å²) in [4.78, 5) is 0. The molecule has 0 unspecified atom stereocenters. The summed E-state index contributed by atoms with van der Waals surface area (Å²) in [5.41, 5.74) is 0. The molecular formula is C12H24N2O2S. The molecule has 1 heterocycles. The molecule has 1 aliphatic carbocycles. The molecule has 0 aromatic carbocycles. The maximum absolute atomic E-state index is 12.3. The molecule has 1 saturated carbocycles. The van der Waals surface area contributed by atoms with Crippen molar-refractivity contribution in [1.29, 1.82) is 0 Å². The Labute approximate surface area is 105 Å². The van der Waals surface area contributed by atoms with Crippen LogP contribution in [0.4, 0.5) is 0 Å². The van der Waals surface area contributed by atoms with E-state index in [1.54, 1.807) is 4.31 Å². The largest absolute Gasteiger partial charge is 0.315 e. The van der Waals surface area contributed by atoms with Crippen molar-refractivity contribution in [1.82, 2.24) is 9.62 Å². The summed E-state index contributed by atoms with van der Waals surface area (Å²) < 4.78 is 26.3. The molecule has 2 fully saturated rings. The fraction of sp³-hybridized carbons (Fsp3) is 1.00. The van der Waals surface area contributed by atoms with Crippen molar-refractivity contribution in [2.45, 2.75) is 51.0 Å². The fourth-order valence-electron chi connectivity index (χ4n) is 2.91. The van der Waals surface area contributed by atoms with E-state index in [-0.39, 0.29) is 6.04 Å². The third kappa shape index (κ3) is 3.66. The Morgan fingerprint density at radius 3 is 2.35 bits per heavy atom. The molecule has 5 heteroatoms. The summed E-state index contributed by atoms with van der Waals surface area (Å²) in [6, 6.07) is 0.266. The van der Waals surface area contributed by atoms with Gasteiger partial charge in [-0.3, -0.25) is 0 Å². The number of hydrogen-bond acceptors (Lipinski definition) is 3. The summed E-state index contributed by atoms with van der Waals surface area (Å²) in [6.07, 6.45) is 7.75. The average Bonchev–Trinajstić information content (AvgIpc) is 2.53. The van der Waals surface area contributed by atoms with Crippen molar-refractivity contribution >= 4 is 10.0 Å². The Hall–Kier alpha value is -0.130. The highest BCUT2D eigenvalue weighted by atomic mass is 32.2. The van der Waals surface area contributed by atoms with Crippen LogP contribution in [0.15, 0.2) is 0 Å². The normalized spacial score (nSPS) is 29.2. The fourth-order valence-corrected chi connectivity index (χ4v) is 4.68. The van der Waals surface area contributed by atoms with E-state index in [9.17, 15) is 8.42 Å². The highest BCUT2D eigenvalue weighted by molar-refractivity contribution is 7.89. The second-order valence-electron chi connectivity index (χ2n) is 5.18. The van der Waals surface area contributed by atoms with Crippen LogP contribution in [-0.4, -0.2) is 44.2 Å². The molecule has 2 aliphatic rings. The third-order valence-electron chi connectivity index (χ3n) is 3.85. The van der Waals surface area contributed by atoms with Gasteiger partial charge in [0, 0.05) is 19.1 Å². The lowest BCUT2D eigenvalue weighted by Crippen LogP contribution is -2.47. The smallest absolute Gasteiger partial charge is 0.214 e. The topological polar surface area (TPSA) is 49.4 Å². The van der Waals surface area contributed by atoms with Crippen LogP contribution in [-0.2, 0) is 10.0 Å². The molecule has 0 amide bonds. The first-order valence-electron chi connectivity index (χ1n) is 6.90.